The third-order valence-electron chi connectivity index (χ3n) is 5.02. The second-order valence-electron chi connectivity index (χ2n) is 7.19. The van der Waals surface area contributed by atoms with E-state index in [1.165, 1.54) is 46.6 Å². The van der Waals surface area contributed by atoms with Crippen LogP contribution in [0.2, 0.25) is 0 Å². The first-order chi connectivity index (χ1) is 12.1. The van der Waals surface area contributed by atoms with Gasteiger partial charge in [0.05, 0.1) is 0 Å². The average molecular weight is 362 g/mol. The molecule has 1 unspecified atom stereocenters. The molecule has 3 rings (SSSR count). The zero-order valence-corrected chi connectivity index (χ0v) is 15.8. The third-order valence-corrected chi connectivity index (χ3v) is 6.24. The molecule has 25 heavy (non-hydrogen) atoms. The maximum Gasteiger partial charge on any atom is 0.348 e. The number of fused-ring (bicyclic) bond motifs is 1. The van der Waals surface area contributed by atoms with Crippen LogP contribution in [0, 0.1) is 5.92 Å². The summed E-state index contributed by atoms with van der Waals surface area (Å²) in [6.45, 7) is 2.66. The smallest absolute Gasteiger partial charge is 0.348 e. The molecule has 5 heteroatoms. The van der Waals surface area contributed by atoms with Crippen LogP contribution in [0.1, 0.15) is 65.6 Å². The highest BCUT2D eigenvalue weighted by atomic mass is 32.1. The van der Waals surface area contributed by atoms with Crippen molar-refractivity contribution in [3.8, 4) is 0 Å². The average Bonchev–Trinajstić information content (AvgIpc) is 3.04. The van der Waals surface area contributed by atoms with Crippen molar-refractivity contribution in [1.82, 2.24) is 5.32 Å². The minimum Gasteiger partial charge on any atom is -0.451 e. The summed E-state index contributed by atoms with van der Waals surface area (Å²) in [5, 5.41) is 2.84. The number of rotatable bonds is 6. The first kappa shape index (κ1) is 18.2. The minimum absolute atomic E-state index is 0.198. The number of thiophene rings is 1. The summed E-state index contributed by atoms with van der Waals surface area (Å²) >= 11 is 1.52. The van der Waals surface area contributed by atoms with Crippen molar-refractivity contribution < 1.29 is 14.3 Å². The van der Waals surface area contributed by atoms with Gasteiger partial charge in [-0.3, -0.25) is 4.79 Å². The van der Waals surface area contributed by atoms with Crippen molar-refractivity contribution in [1.29, 1.82) is 0 Å². The highest BCUT2D eigenvalue weighted by Gasteiger charge is 2.21. The van der Waals surface area contributed by atoms with E-state index in [4.69, 9.17) is 4.74 Å². The monoisotopic (exact) mass is 361 g/mol. The van der Waals surface area contributed by atoms with E-state index in [0.29, 0.717) is 17.3 Å². The molecule has 1 heterocycles. The topological polar surface area (TPSA) is 55.4 Å². The number of carbonyl (C=O) groups is 2. The van der Waals surface area contributed by atoms with Crippen LogP contribution in [0.25, 0.3) is 0 Å². The molecule has 1 N–H and O–H groups in total. The molecule has 0 aliphatic heterocycles. The highest BCUT2D eigenvalue weighted by Crippen LogP contribution is 2.32. The summed E-state index contributed by atoms with van der Waals surface area (Å²) in [5.74, 6) is 0.0768. The lowest BCUT2D eigenvalue weighted by Gasteiger charge is -2.16. The molecule has 1 aromatic heterocycles. The zero-order valence-electron chi connectivity index (χ0n) is 14.9. The Bertz CT molecular complexity index is 662. The van der Waals surface area contributed by atoms with Gasteiger partial charge in [0.15, 0.2) is 6.61 Å². The summed E-state index contributed by atoms with van der Waals surface area (Å²) in [6.07, 6.45) is 11.3. The van der Waals surface area contributed by atoms with Gasteiger partial charge in [0.2, 0.25) is 0 Å². The SMILES string of the molecule is CC1CCc2sc(C(=O)OCC(=O)NCCC3=CCCCC3)cc2C1. The van der Waals surface area contributed by atoms with Gasteiger partial charge in [0.1, 0.15) is 4.88 Å². The molecule has 2 aliphatic carbocycles. The fraction of sp³-hybridized carbons (Fsp3) is 0.600. The van der Waals surface area contributed by atoms with Gasteiger partial charge in [-0.25, -0.2) is 4.79 Å². The molecule has 0 fully saturated rings. The standard InChI is InChI=1S/C20H27NO3S/c1-14-7-8-17-16(11-14)12-18(25-17)20(23)24-13-19(22)21-10-9-15-5-3-2-4-6-15/h5,12,14H,2-4,6-11,13H2,1H3,(H,21,22). The van der Waals surface area contributed by atoms with Gasteiger partial charge in [-0.05, 0) is 68.9 Å². The molecule has 136 valence electrons. The van der Waals surface area contributed by atoms with Crippen LogP contribution in [0.4, 0.5) is 0 Å². The number of esters is 1. The number of ether oxygens (including phenoxy) is 1. The molecule has 0 radical (unpaired) electrons. The Kier molecular flexibility index (Phi) is 6.29. The lowest BCUT2D eigenvalue weighted by Crippen LogP contribution is -2.29. The number of nitrogens with one attached hydrogen (secondary N) is 1. The molecule has 0 spiro atoms. The van der Waals surface area contributed by atoms with E-state index in [-0.39, 0.29) is 18.5 Å². The molecule has 4 nitrogen and oxygen atoms in total. The van der Waals surface area contributed by atoms with E-state index in [1.54, 1.807) is 0 Å². The predicted octanol–water partition coefficient (Wildman–Crippen LogP) is 4.04. The Morgan fingerprint density at radius 2 is 2.20 bits per heavy atom. The number of carbonyl (C=O) groups excluding carboxylic acids is 2. The lowest BCUT2D eigenvalue weighted by atomic mass is 9.90. The van der Waals surface area contributed by atoms with Gasteiger partial charge in [-0.2, -0.15) is 0 Å². The molecule has 0 saturated carbocycles. The normalized spacial score (nSPS) is 19.7. The maximum atomic E-state index is 12.2. The zero-order chi connectivity index (χ0) is 17.6. The molecule has 1 amide bonds. The largest absolute Gasteiger partial charge is 0.451 e. The predicted molar refractivity (Wildman–Crippen MR) is 100.0 cm³/mol. The maximum absolute atomic E-state index is 12.2. The summed E-state index contributed by atoms with van der Waals surface area (Å²) in [7, 11) is 0. The Hall–Kier alpha value is -1.62. The summed E-state index contributed by atoms with van der Waals surface area (Å²) < 4.78 is 5.18. The van der Waals surface area contributed by atoms with Gasteiger partial charge in [0.25, 0.3) is 5.91 Å². The van der Waals surface area contributed by atoms with Crippen molar-refractivity contribution in [2.45, 2.75) is 58.3 Å². The van der Waals surface area contributed by atoms with Crippen molar-refractivity contribution in [2.75, 3.05) is 13.2 Å². The third kappa shape index (κ3) is 5.18. The number of allylic oxidation sites excluding steroid dienone is 1. The van der Waals surface area contributed by atoms with Crippen molar-refractivity contribution >= 4 is 23.2 Å². The van der Waals surface area contributed by atoms with Crippen molar-refractivity contribution in [3.05, 3.63) is 33.0 Å². The molecule has 2 aliphatic rings. The Balaban J connectivity index is 1.39. The molecule has 0 saturated heterocycles. The van der Waals surface area contributed by atoms with Gasteiger partial charge >= 0.3 is 5.97 Å². The second-order valence-corrected chi connectivity index (χ2v) is 8.33. The van der Waals surface area contributed by atoms with E-state index in [2.05, 4.69) is 18.3 Å². The molecule has 1 aromatic rings. The summed E-state index contributed by atoms with van der Waals surface area (Å²) in [4.78, 5) is 25.9. The van der Waals surface area contributed by atoms with E-state index in [1.807, 2.05) is 6.07 Å². The van der Waals surface area contributed by atoms with E-state index >= 15 is 0 Å². The molecule has 1 atom stereocenters. The highest BCUT2D eigenvalue weighted by molar-refractivity contribution is 7.14. The van der Waals surface area contributed by atoms with Crippen molar-refractivity contribution in [3.63, 3.8) is 0 Å². The summed E-state index contributed by atoms with van der Waals surface area (Å²) in [5.41, 5.74) is 2.71. The molecule has 0 bridgehead atoms. The number of aryl methyl sites for hydroxylation is 1. The van der Waals surface area contributed by atoms with Crippen LogP contribution in [0.15, 0.2) is 17.7 Å². The van der Waals surface area contributed by atoms with Gasteiger partial charge in [0, 0.05) is 11.4 Å². The fourth-order valence-corrected chi connectivity index (χ4v) is 4.66. The van der Waals surface area contributed by atoms with Crippen LogP contribution >= 0.6 is 11.3 Å². The number of hydrogen-bond acceptors (Lipinski definition) is 4. The van der Waals surface area contributed by atoms with Gasteiger partial charge < -0.3 is 10.1 Å². The second kappa shape index (κ2) is 8.65. The van der Waals surface area contributed by atoms with Crippen LogP contribution < -0.4 is 5.32 Å². The lowest BCUT2D eigenvalue weighted by molar-refractivity contribution is -0.124. The molecule has 0 aromatic carbocycles. The van der Waals surface area contributed by atoms with Gasteiger partial charge in [-0.15, -0.1) is 11.3 Å². The Morgan fingerprint density at radius 1 is 1.32 bits per heavy atom. The van der Waals surface area contributed by atoms with E-state index in [9.17, 15) is 9.59 Å². The van der Waals surface area contributed by atoms with Crippen molar-refractivity contribution in [2.24, 2.45) is 5.92 Å². The number of amides is 1. The van der Waals surface area contributed by atoms with Crippen LogP contribution in [0.5, 0.6) is 0 Å². The first-order valence-corrected chi connectivity index (χ1v) is 10.2. The van der Waals surface area contributed by atoms with Gasteiger partial charge in [-0.1, -0.05) is 18.6 Å². The quantitative estimate of drug-likeness (QED) is 0.615. The Labute approximate surface area is 153 Å². The van der Waals surface area contributed by atoms with Crippen LogP contribution in [-0.2, 0) is 22.4 Å². The molecular weight excluding hydrogens is 334 g/mol. The number of hydrogen-bond donors (Lipinski definition) is 1. The summed E-state index contributed by atoms with van der Waals surface area (Å²) in [6, 6.07) is 1.95. The Morgan fingerprint density at radius 3 is 3.00 bits per heavy atom. The first-order valence-electron chi connectivity index (χ1n) is 9.35. The van der Waals surface area contributed by atoms with Crippen LogP contribution in [-0.4, -0.2) is 25.0 Å². The van der Waals surface area contributed by atoms with E-state index < -0.39 is 0 Å². The van der Waals surface area contributed by atoms with Crippen LogP contribution in [0.3, 0.4) is 0 Å². The fourth-order valence-electron chi connectivity index (χ4n) is 3.55. The van der Waals surface area contributed by atoms with E-state index in [0.717, 1.165) is 32.1 Å². The molecular formula is C20H27NO3S. The minimum atomic E-state index is -0.378.